The van der Waals surface area contributed by atoms with E-state index in [0.29, 0.717) is 6.54 Å². The van der Waals surface area contributed by atoms with Crippen molar-refractivity contribution in [3.05, 3.63) is 35.9 Å². The molecule has 1 fully saturated rings. The van der Waals surface area contributed by atoms with Crippen LogP contribution in [0, 0.1) is 5.41 Å². The monoisotopic (exact) mass is 332 g/mol. The Morgan fingerprint density at radius 3 is 2.29 bits per heavy atom. The average molecular weight is 332 g/mol. The Morgan fingerprint density at radius 1 is 1.12 bits per heavy atom. The predicted octanol–water partition coefficient (Wildman–Crippen LogP) is 1.29. The number of nitrogens with one attached hydrogen (secondary N) is 1. The third-order valence-electron chi connectivity index (χ3n) is 4.66. The highest BCUT2D eigenvalue weighted by atomic mass is 16.2. The van der Waals surface area contributed by atoms with Crippen LogP contribution in [0.1, 0.15) is 26.3 Å². The van der Waals surface area contributed by atoms with Crippen molar-refractivity contribution in [3.8, 4) is 0 Å². The lowest BCUT2D eigenvalue weighted by atomic mass is 9.87. The molecule has 5 nitrogen and oxygen atoms in total. The van der Waals surface area contributed by atoms with Gasteiger partial charge in [0.05, 0.1) is 6.04 Å². The topological polar surface area (TPSA) is 61.6 Å². The van der Waals surface area contributed by atoms with E-state index in [1.165, 1.54) is 5.56 Å². The minimum Gasteiger partial charge on any atom is -0.353 e. The Bertz CT molecular complexity index is 504. The summed E-state index contributed by atoms with van der Waals surface area (Å²) in [5.41, 5.74) is 7.14. The minimum atomic E-state index is -0.458. The van der Waals surface area contributed by atoms with Gasteiger partial charge in [0.25, 0.3) is 0 Å². The molecule has 0 aromatic heterocycles. The zero-order valence-corrected chi connectivity index (χ0v) is 15.3. The Kier molecular flexibility index (Phi) is 6.78. The van der Waals surface area contributed by atoms with Gasteiger partial charge in [-0.15, -0.1) is 0 Å². The summed E-state index contributed by atoms with van der Waals surface area (Å²) >= 11 is 0. The molecule has 3 N–H and O–H groups in total. The van der Waals surface area contributed by atoms with Gasteiger partial charge in [0.15, 0.2) is 0 Å². The maximum absolute atomic E-state index is 12.0. The van der Waals surface area contributed by atoms with Gasteiger partial charge in [-0.2, -0.15) is 0 Å². The zero-order chi connectivity index (χ0) is 17.6. The van der Waals surface area contributed by atoms with Crippen LogP contribution in [0.25, 0.3) is 0 Å². The van der Waals surface area contributed by atoms with Crippen LogP contribution in [0.2, 0.25) is 0 Å². The van der Waals surface area contributed by atoms with E-state index in [1.807, 2.05) is 20.8 Å². The Hall–Kier alpha value is -1.43. The maximum atomic E-state index is 12.0. The van der Waals surface area contributed by atoms with E-state index >= 15 is 0 Å². The Morgan fingerprint density at radius 2 is 1.71 bits per heavy atom. The van der Waals surface area contributed by atoms with Gasteiger partial charge in [-0.3, -0.25) is 14.6 Å². The molecule has 2 rings (SSSR count). The van der Waals surface area contributed by atoms with Crippen LogP contribution in [0.3, 0.4) is 0 Å². The molecule has 134 valence electrons. The van der Waals surface area contributed by atoms with Gasteiger partial charge in [0.1, 0.15) is 0 Å². The lowest BCUT2D eigenvalue weighted by molar-refractivity contribution is -0.124. The SMILES string of the molecule is CC(C)(C)[C@H](N)C(=O)NCCN1CCN(Cc2ccccc2)CC1. The molecule has 5 heteroatoms. The van der Waals surface area contributed by atoms with Crippen molar-refractivity contribution in [3.63, 3.8) is 0 Å². The zero-order valence-electron chi connectivity index (χ0n) is 15.3. The molecule has 1 heterocycles. The first kappa shape index (κ1) is 18.9. The van der Waals surface area contributed by atoms with Crippen LogP contribution in [0.4, 0.5) is 0 Å². The van der Waals surface area contributed by atoms with Gasteiger partial charge in [-0.05, 0) is 11.0 Å². The highest BCUT2D eigenvalue weighted by Crippen LogP contribution is 2.17. The molecule has 0 unspecified atom stereocenters. The standard InChI is InChI=1S/C19H32N4O/c1-19(2,3)17(20)18(24)21-9-10-22-11-13-23(14-12-22)15-16-7-5-4-6-8-16/h4-8,17H,9-15,20H2,1-3H3,(H,21,24)/t17-/m1/s1. The fraction of sp³-hybridized carbons (Fsp3) is 0.632. The summed E-state index contributed by atoms with van der Waals surface area (Å²) in [4.78, 5) is 16.9. The van der Waals surface area contributed by atoms with Crippen molar-refractivity contribution < 1.29 is 4.79 Å². The lowest BCUT2D eigenvalue weighted by Crippen LogP contribution is -2.51. The van der Waals surface area contributed by atoms with Crippen molar-refractivity contribution in [2.75, 3.05) is 39.3 Å². The predicted molar refractivity (Wildman–Crippen MR) is 98.6 cm³/mol. The largest absolute Gasteiger partial charge is 0.353 e. The van der Waals surface area contributed by atoms with Crippen molar-refractivity contribution in [2.24, 2.45) is 11.1 Å². The van der Waals surface area contributed by atoms with Gasteiger partial charge in [0, 0.05) is 45.8 Å². The first-order valence-electron chi connectivity index (χ1n) is 8.88. The second-order valence-corrected chi connectivity index (χ2v) is 7.74. The quantitative estimate of drug-likeness (QED) is 0.824. The average Bonchev–Trinajstić information content (AvgIpc) is 2.56. The van der Waals surface area contributed by atoms with Gasteiger partial charge in [0.2, 0.25) is 5.91 Å². The van der Waals surface area contributed by atoms with Gasteiger partial charge in [-0.25, -0.2) is 0 Å². The van der Waals surface area contributed by atoms with Crippen LogP contribution in [-0.2, 0) is 11.3 Å². The number of hydrogen-bond donors (Lipinski definition) is 2. The molecular weight excluding hydrogens is 300 g/mol. The van der Waals surface area contributed by atoms with Crippen molar-refractivity contribution >= 4 is 5.91 Å². The van der Waals surface area contributed by atoms with Crippen molar-refractivity contribution in [1.82, 2.24) is 15.1 Å². The molecular formula is C19H32N4O. The number of carbonyl (C=O) groups excluding carboxylic acids is 1. The third kappa shape index (κ3) is 5.89. The minimum absolute atomic E-state index is 0.0507. The van der Waals surface area contributed by atoms with E-state index < -0.39 is 6.04 Å². The van der Waals surface area contributed by atoms with Crippen molar-refractivity contribution in [1.29, 1.82) is 0 Å². The normalized spacial score (nSPS) is 18.3. The summed E-state index contributed by atoms with van der Waals surface area (Å²) in [5.74, 6) is -0.0507. The smallest absolute Gasteiger partial charge is 0.237 e. The Labute approximate surface area is 146 Å². The van der Waals surface area contributed by atoms with E-state index in [-0.39, 0.29) is 11.3 Å². The maximum Gasteiger partial charge on any atom is 0.237 e. The summed E-state index contributed by atoms with van der Waals surface area (Å²) in [6.45, 7) is 12.8. The van der Waals surface area contributed by atoms with Crippen LogP contribution in [0.15, 0.2) is 30.3 Å². The number of amides is 1. The summed E-state index contributed by atoms with van der Waals surface area (Å²) in [7, 11) is 0. The molecule has 1 atom stereocenters. The number of nitrogens with zero attached hydrogens (tertiary/aromatic N) is 2. The highest BCUT2D eigenvalue weighted by molar-refractivity contribution is 5.82. The molecule has 24 heavy (non-hydrogen) atoms. The Balaban J connectivity index is 1.64. The molecule has 1 aromatic rings. The fourth-order valence-electron chi connectivity index (χ4n) is 2.85. The highest BCUT2D eigenvalue weighted by Gasteiger charge is 2.27. The molecule has 0 saturated carbocycles. The summed E-state index contributed by atoms with van der Waals surface area (Å²) < 4.78 is 0. The second kappa shape index (κ2) is 8.60. The number of nitrogens with two attached hydrogens (primary N) is 1. The van der Waals surface area contributed by atoms with Crippen LogP contribution >= 0.6 is 0 Å². The van der Waals surface area contributed by atoms with E-state index in [9.17, 15) is 4.79 Å². The van der Waals surface area contributed by atoms with Crippen LogP contribution < -0.4 is 11.1 Å². The fourth-order valence-corrected chi connectivity index (χ4v) is 2.85. The first-order valence-corrected chi connectivity index (χ1v) is 8.88. The van der Waals surface area contributed by atoms with E-state index in [2.05, 4.69) is 45.4 Å². The molecule has 0 bridgehead atoms. The third-order valence-corrected chi connectivity index (χ3v) is 4.66. The van der Waals surface area contributed by atoms with E-state index in [4.69, 9.17) is 5.73 Å². The molecule has 1 aromatic carbocycles. The molecule has 1 aliphatic heterocycles. The van der Waals surface area contributed by atoms with Gasteiger partial charge in [-0.1, -0.05) is 51.1 Å². The van der Waals surface area contributed by atoms with Crippen molar-refractivity contribution in [2.45, 2.75) is 33.4 Å². The van der Waals surface area contributed by atoms with Gasteiger partial charge >= 0.3 is 0 Å². The molecule has 1 amide bonds. The first-order chi connectivity index (χ1) is 11.4. The molecule has 0 radical (unpaired) electrons. The van der Waals surface area contributed by atoms with E-state index in [0.717, 1.165) is 39.3 Å². The number of benzene rings is 1. The number of carbonyl (C=O) groups is 1. The number of piperazine rings is 1. The second-order valence-electron chi connectivity index (χ2n) is 7.74. The molecule has 1 aliphatic rings. The van der Waals surface area contributed by atoms with E-state index in [1.54, 1.807) is 0 Å². The molecule has 0 spiro atoms. The lowest BCUT2D eigenvalue weighted by Gasteiger charge is -2.35. The summed E-state index contributed by atoms with van der Waals surface area (Å²) in [6.07, 6.45) is 0. The summed E-state index contributed by atoms with van der Waals surface area (Å²) in [5, 5.41) is 2.97. The molecule has 1 saturated heterocycles. The summed E-state index contributed by atoms with van der Waals surface area (Å²) in [6, 6.07) is 10.1. The number of hydrogen-bond acceptors (Lipinski definition) is 4. The number of rotatable bonds is 6. The molecule has 0 aliphatic carbocycles. The van der Waals surface area contributed by atoms with Crippen LogP contribution in [-0.4, -0.2) is 61.0 Å². The van der Waals surface area contributed by atoms with Gasteiger partial charge < -0.3 is 11.1 Å². The van der Waals surface area contributed by atoms with Crippen LogP contribution in [0.5, 0.6) is 0 Å².